The van der Waals surface area contributed by atoms with Crippen molar-refractivity contribution in [3.63, 3.8) is 0 Å². The Morgan fingerprint density at radius 3 is 2.43 bits per heavy atom. The third-order valence-electron chi connectivity index (χ3n) is 3.13. The van der Waals surface area contributed by atoms with Crippen molar-refractivity contribution < 1.29 is 23.1 Å². The monoisotopic (exact) mass is 312 g/mol. The molecule has 1 saturated heterocycles. The highest BCUT2D eigenvalue weighted by molar-refractivity contribution is 7.91. The highest BCUT2D eigenvalue weighted by Crippen LogP contribution is 2.13. The van der Waals surface area contributed by atoms with Gasteiger partial charge in [0.05, 0.1) is 17.9 Å². The second-order valence-corrected chi connectivity index (χ2v) is 7.19. The molecule has 0 aliphatic carbocycles. The van der Waals surface area contributed by atoms with Gasteiger partial charge in [-0.1, -0.05) is 12.1 Å². The van der Waals surface area contributed by atoms with E-state index in [2.05, 4.69) is 10.6 Å². The number of amides is 2. The molecule has 8 heteroatoms. The highest BCUT2D eigenvalue weighted by Gasteiger charge is 2.28. The van der Waals surface area contributed by atoms with E-state index in [1.165, 1.54) is 0 Å². The fourth-order valence-electron chi connectivity index (χ4n) is 2.14. The molecule has 7 nitrogen and oxygen atoms in total. The molecule has 1 heterocycles. The summed E-state index contributed by atoms with van der Waals surface area (Å²) in [5, 5.41) is 13.8. The number of urea groups is 1. The van der Waals surface area contributed by atoms with Crippen LogP contribution in [0, 0.1) is 0 Å². The van der Waals surface area contributed by atoms with Crippen molar-refractivity contribution in [2.45, 2.75) is 18.9 Å². The second-order valence-electron chi connectivity index (χ2n) is 4.97. The van der Waals surface area contributed by atoms with E-state index >= 15 is 0 Å². The zero-order chi connectivity index (χ0) is 15.5. The van der Waals surface area contributed by atoms with Crippen molar-refractivity contribution in [3.05, 3.63) is 29.8 Å². The second kappa shape index (κ2) is 6.13. The first kappa shape index (κ1) is 15.3. The number of aliphatic carboxylic acids is 1. The lowest BCUT2D eigenvalue weighted by Crippen LogP contribution is -2.38. The molecular formula is C13H16N2O5S. The molecule has 3 N–H and O–H groups in total. The van der Waals surface area contributed by atoms with Crippen molar-refractivity contribution in [1.82, 2.24) is 5.32 Å². The van der Waals surface area contributed by atoms with Crippen molar-refractivity contribution in [2.75, 3.05) is 16.8 Å². The topological polar surface area (TPSA) is 113 Å². The maximum absolute atomic E-state index is 11.7. The summed E-state index contributed by atoms with van der Waals surface area (Å²) in [6.07, 6.45) is 0.347. The van der Waals surface area contributed by atoms with Gasteiger partial charge >= 0.3 is 12.0 Å². The van der Waals surface area contributed by atoms with Crippen molar-refractivity contribution in [2.24, 2.45) is 0 Å². The van der Waals surface area contributed by atoms with Crippen LogP contribution in [0.15, 0.2) is 24.3 Å². The Hall–Kier alpha value is -2.09. The van der Waals surface area contributed by atoms with E-state index in [4.69, 9.17) is 5.11 Å². The first-order valence-corrected chi connectivity index (χ1v) is 8.25. The molecule has 0 spiro atoms. The number of carboxylic acids is 1. The third kappa shape index (κ3) is 4.75. The molecule has 0 aromatic heterocycles. The van der Waals surface area contributed by atoms with Gasteiger partial charge in [0.15, 0.2) is 9.84 Å². The van der Waals surface area contributed by atoms with Crippen LogP contribution in [0.3, 0.4) is 0 Å². The fourth-order valence-corrected chi connectivity index (χ4v) is 3.82. The van der Waals surface area contributed by atoms with Crippen LogP contribution in [0.1, 0.15) is 12.0 Å². The lowest BCUT2D eigenvalue weighted by atomic mass is 10.1. The Bertz CT molecular complexity index is 639. The van der Waals surface area contributed by atoms with Gasteiger partial charge in [-0.2, -0.15) is 0 Å². The minimum absolute atomic E-state index is 0.0298. The van der Waals surface area contributed by atoms with E-state index in [9.17, 15) is 18.0 Å². The average molecular weight is 312 g/mol. The number of hydrogen-bond donors (Lipinski definition) is 3. The van der Waals surface area contributed by atoms with Crippen LogP contribution in [0.2, 0.25) is 0 Å². The van der Waals surface area contributed by atoms with E-state index in [1.54, 1.807) is 24.3 Å². The SMILES string of the molecule is O=C(O)Cc1ccc(NC(=O)NC2CCS(=O)(=O)C2)cc1. The van der Waals surface area contributed by atoms with Crippen molar-refractivity contribution >= 4 is 27.5 Å². The minimum Gasteiger partial charge on any atom is -0.481 e. The molecule has 21 heavy (non-hydrogen) atoms. The van der Waals surface area contributed by atoms with Gasteiger partial charge < -0.3 is 15.7 Å². The van der Waals surface area contributed by atoms with Gasteiger partial charge in [0.2, 0.25) is 0 Å². The molecule has 2 rings (SSSR count). The predicted molar refractivity (Wildman–Crippen MR) is 77.0 cm³/mol. The third-order valence-corrected chi connectivity index (χ3v) is 4.90. The number of sulfone groups is 1. The number of anilines is 1. The lowest BCUT2D eigenvalue weighted by Gasteiger charge is -2.12. The molecule has 0 bridgehead atoms. The number of hydrogen-bond acceptors (Lipinski definition) is 4. The van der Waals surface area contributed by atoms with Gasteiger partial charge in [-0.15, -0.1) is 0 Å². The number of rotatable bonds is 4. The fraction of sp³-hybridized carbons (Fsp3) is 0.385. The molecule has 0 saturated carbocycles. The van der Waals surface area contributed by atoms with E-state index < -0.39 is 21.8 Å². The van der Waals surface area contributed by atoms with Gasteiger partial charge in [-0.25, -0.2) is 13.2 Å². The average Bonchev–Trinajstić information content (AvgIpc) is 2.70. The molecule has 1 aliphatic rings. The van der Waals surface area contributed by atoms with Gasteiger partial charge in [0.25, 0.3) is 0 Å². The van der Waals surface area contributed by atoms with Crippen LogP contribution in [0.5, 0.6) is 0 Å². The molecule has 1 aromatic rings. The Labute approximate surface area is 122 Å². The molecule has 0 radical (unpaired) electrons. The number of carbonyl (C=O) groups excluding carboxylic acids is 1. The Balaban J connectivity index is 1.86. The van der Waals surface area contributed by atoms with E-state index in [0.717, 1.165) is 0 Å². The summed E-state index contributed by atoms with van der Waals surface area (Å²) in [5.74, 6) is -0.851. The van der Waals surface area contributed by atoms with Crippen LogP contribution in [-0.4, -0.2) is 43.1 Å². The molecule has 1 fully saturated rings. The molecular weight excluding hydrogens is 296 g/mol. The van der Waals surface area contributed by atoms with Crippen LogP contribution < -0.4 is 10.6 Å². The molecule has 2 amide bonds. The molecule has 1 aliphatic heterocycles. The summed E-state index contributed by atoms with van der Waals surface area (Å²) in [5.41, 5.74) is 1.15. The number of carboxylic acid groups (broad SMARTS) is 1. The number of benzene rings is 1. The Morgan fingerprint density at radius 2 is 1.90 bits per heavy atom. The standard InChI is InChI=1S/C13H16N2O5S/c16-12(17)7-9-1-3-10(4-2-9)14-13(18)15-11-5-6-21(19,20)8-11/h1-4,11H,5-8H2,(H,16,17)(H2,14,15,18). The summed E-state index contributed by atoms with van der Waals surface area (Å²) in [7, 11) is -3.03. The number of nitrogens with one attached hydrogen (secondary N) is 2. The molecule has 1 atom stereocenters. The molecule has 114 valence electrons. The zero-order valence-electron chi connectivity index (χ0n) is 11.2. The van der Waals surface area contributed by atoms with Crippen molar-refractivity contribution in [3.8, 4) is 0 Å². The largest absolute Gasteiger partial charge is 0.481 e. The number of carbonyl (C=O) groups is 2. The van der Waals surface area contributed by atoms with Crippen LogP contribution in [-0.2, 0) is 21.1 Å². The highest BCUT2D eigenvalue weighted by atomic mass is 32.2. The maximum atomic E-state index is 11.7. The molecule has 1 aromatic carbocycles. The first-order valence-electron chi connectivity index (χ1n) is 6.43. The van der Waals surface area contributed by atoms with E-state index in [0.29, 0.717) is 17.7 Å². The minimum atomic E-state index is -3.03. The Morgan fingerprint density at radius 1 is 1.24 bits per heavy atom. The summed E-state index contributed by atoms with van der Waals surface area (Å²) < 4.78 is 22.6. The normalized spacial score (nSPS) is 19.9. The van der Waals surface area contributed by atoms with Gasteiger partial charge in [-0.05, 0) is 24.1 Å². The first-order chi connectivity index (χ1) is 9.84. The maximum Gasteiger partial charge on any atom is 0.319 e. The molecule has 1 unspecified atom stereocenters. The quantitative estimate of drug-likeness (QED) is 0.754. The summed E-state index contributed by atoms with van der Waals surface area (Å²) in [4.78, 5) is 22.3. The van der Waals surface area contributed by atoms with Crippen LogP contribution in [0.25, 0.3) is 0 Å². The summed E-state index contributed by atoms with van der Waals surface area (Å²) >= 11 is 0. The smallest absolute Gasteiger partial charge is 0.319 e. The summed E-state index contributed by atoms with van der Waals surface area (Å²) in [6.45, 7) is 0. The zero-order valence-corrected chi connectivity index (χ0v) is 12.0. The van der Waals surface area contributed by atoms with E-state index in [1.807, 2.05) is 0 Å². The lowest BCUT2D eigenvalue weighted by molar-refractivity contribution is -0.136. The van der Waals surface area contributed by atoms with Gasteiger partial charge in [-0.3, -0.25) is 4.79 Å². The van der Waals surface area contributed by atoms with Crippen LogP contribution >= 0.6 is 0 Å². The van der Waals surface area contributed by atoms with Crippen molar-refractivity contribution in [1.29, 1.82) is 0 Å². The predicted octanol–water partition coefficient (Wildman–Crippen LogP) is 0.622. The van der Waals surface area contributed by atoms with E-state index in [-0.39, 0.29) is 24.0 Å². The van der Waals surface area contributed by atoms with Gasteiger partial charge in [0.1, 0.15) is 0 Å². The Kier molecular flexibility index (Phi) is 4.46. The van der Waals surface area contributed by atoms with Crippen LogP contribution in [0.4, 0.5) is 10.5 Å². The summed E-state index contributed by atoms with van der Waals surface area (Å²) in [6, 6.07) is 5.60. The van der Waals surface area contributed by atoms with Gasteiger partial charge in [0, 0.05) is 11.7 Å².